The molecule has 0 atom stereocenters. The zero-order chi connectivity index (χ0) is 28.6. The summed E-state index contributed by atoms with van der Waals surface area (Å²) in [5.41, 5.74) is 0.351. The van der Waals surface area contributed by atoms with E-state index in [2.05, 4.69) is 5.32 Å². The van der Waals surface area contributed by atoms with Crippen molar-refractivity contribution in [3.8, 4) is 11.5 Å². The summed E-state index contributed by atoms with van der Waals surface area (Å²) in [6.07, 6.45) is 2.77. The number of ether oxygens (including phenoxy) is 2. The summed E-state index contributed by atoms with van der Waals surface area (Å²) in [6.45, 7) is 0.868. The normalized spacial score (nSPS) is 14.3. The first-order valence-corrected chi connectivity index (χ1v) is 15.8. The van der Waals surface area contributed by atoms with Gasteiger partial charge in [0.25, 0.3) is 10.0 Å². The van der Waals surface area contributed by atoms with Crippen molar-refractivity contribution in [3.63, 3.8) is 0 Å². The van der Waals surface area contributed by atoms with Crippen LogP contribution < -0.4 is 19.1 Å². The minimum Gasteiger partial charge on any atom is -0.497 e. The molecule has 0 saturated carbocycles. The lowest BCUT2D eigenvalue weighted by Gasteiger charge is -2.25. The molecule has 12 heteroatoms. The molecule has 0 aromatic heterocycles. The van der Waals surface area contributed by atoms with Gasteiger partial charge >= 0.3 is 0 Å². The van der Waals surface area contributed by atoms with Crippen molar-refractivity contribution in [1.82, 2.24) is 9.62 Å². The number of carbonyl (C=O) groups excluding carboxylic acids is 1. The van der Waals surface area contributed by atoms with E-state index in [9.17, 15) is 21.6 Å². The van der Waals surface area contributed by atoms with E-state index in [0.29, 0.717) is 30.3 Å². The standard InChI is InChI=1S/C28H33N3O7S2/c1-37-24-10-14-27(15-11-24)40(35,36)31(23-8-4-2-5-9-23)22-28(32)29-18-21-38-25-12-16-26(17-13-25)39(33,34)30-19-6-3-7-20-30/h2,4-5,8-17H,3,6-7,18-22H2,1H3,(H,29,32). The number of nitrogens with one attached hydrogen (secondary N) is 1. The fourth-order valence-corrected chi connectivity index (χ4v) is 7.23. The number of sulfonamides is 2. The molecule has 1 N–H and O–H groups in total. The summed E-state index contributed by atoms with van der Waals surface area (Å²) < 4.78 is 65.8. The third kappa shape index (κ3) is 7.12. The molecule has 0 spiro atoms. The molecule has 1 aliphatic heterocycles. The number of para-hydroxylation sites is 1. The van der Waals surface area contributed by atoms with E-state index in [4.69, 9.17) is 9.47 Å². The number of amides is 1. The Morgan fingerprint density at radius 1 is 0.825 bits per heavy atom. The molecule has 3 aromatic carbocycles. The van der Waals surface area contributed by atoms with E-state index in [1.807, 2.05) is 0 Å². The predicted molar refractivity (Wildman–Crippen MR) is 152 cm³/mol. The number of hydrogen-bond donors (Lipinski definition) is 1. The third-order valence-corrected chi connectivity index (χ3v) is 10.1. The van der Waals surface area contributed by atoms with Gasteiger partial charge < -0.3 is 14.8 Å². The van der Waals surface area contributed by atoms with Crippen LogP contribution in [0, 0.1) is 0 Å². The van der Waals surface area contributed by atoms with E-state index in [0.717, 1.165) is 23.6 Å². The van der Waals surface area contributed by atoms with E-state index in [1.54, 1.807) is 54.6 Å². The van der Waals surface area contributed by atoms with Gasteiger partial charge in [-0.3, -0.25) is 9.10 Å². The third-order valence-electron chi connectivity index (χ3n) is 6.45. The maximum absolute atomic E-state index is 13.4. The summed E-state index contributed by atoms with van der Waals surface area (Å²) in [6, 6.07) is 20.5. The Labute approximate surface area is 235 Å². The lowest BCUT2D eigenvalue weighted by molar-refractivity contribution is -0.119. The predicted octanol–water partition coefficient (Wildman–Crippen LogP) is 3.26. The molecule has 0 unspecified atom stereocenters. The Hall–Kier alpha value is -3.61. The molecule has 40 heavy (non-hydrogen) atoms. The molecule has 1 saturated heterocycles. The highest BCUT2D eigenvalue weighted by Crippen LogP contribution is 2.25. The van der Waals surface area contributed by atoms with Gasteiger partial charge in [-0.1, -0.05) is 24.6 Å². The second-order valence-electron chi connectivity index (χ2n) is 9.16. The lowest BCUT2D eigenvalue weighted by Crippen LogP contribution is -2.41. The van der Waals surface area contributed by atoms with Gasteiger partial charge in [0, 0.05) is 13.1 Å². The Bertz CT molecular complexity index is 1470. The SMILES string of the molecule is COc1ccc(S(=O)(=O)N(CC(=O)NCCOc2ccc(S(=O)(=O)N3CCCCC3)cc2)c2ccccc2)cc1. The van der Waals surface area contributed by atoms with Crippen LogP contribution in [0.2, 0.25) is 0 Å². The molecule has 214 valence electrons. The number of hydrogen-bond acceptors (Lipinski definition) is 7. The Morgan fingerprint density at radius 3 is 2.05 bits per heavy atom. The molecule has 0 radical (unpaired) electrons. The molecular formula is C28H33N3O7S2. The van der Waals surface area contributed by atoms with Gasteiger partial charge in [-0.25, -0.2) is 16.8 Å². The van der Waals surface area contributed by atoms with Crippen LogP contribution in [-0.2, 0) is 24.8 Å². The first-order valence-electron chi connectivity index (χ1n) is 12.9. The van der Waals surface area contributed by atoms with Crippen molar-refractivity contribution < 1.29 is 31.1 Å². The lowest BCUT2D eigenvalue weighted by atomic mass is 10.2. The zero-order valence-electron chi connectivity index (χ0n) is 22.2. The zero-order valence-corrected chi connectivity index (χ0v) is 23.9. The van der Waals surface area contributed by atoms with Crippen LogP contribution in [0.15, 0.2) is 88.7 Å². The minimum absolute atomic E-state index is 0.0269. The monoisotopic (exact) mass is 587 g/mol. The van der Waals surface area contributed by atoms with Crippen molar-refractivity contribution in [2.45, 2.75) is 29.1 Å². The van der Waals surface area contributed by atoms with Gasteiger partial charge in [-0.05, 0) is 73.5 Å². The molecule has 10 nitrogen and oxygen atoms in total. The highest BCUT2D eigenvalue weighted by Gasteiger charge is 2.28. The summed E-state index contributed by atoms with van der Waals surface area (Å²) >= 11 is 0. The molecule has 1 aliphatic rings. The van der Waals surface area contributed by atoms with Gasteiger partial charge in [0.05, 0.1) is 29.1 Å². The highest BCUT2D eigenvalue weighted by molar-refractivity contribution is 7.92. The molecule has 1 amide bonds. The maximum atomic E-state index is 13.4. The van der Waals surface area contributed by atoms with E-state index < -0.39 is 32.5 Å². The van der Waals surface area contributed by atoms with Crippen LogP contribution in [0.4, 0.5) is 5.69 Å². The Morgan fingerprint density at radius 2 is 1.43 bits per heavy atom. The number of anilines is 1. The number of benzene rings is 3. The van der Waals surface area contributed by atoms with Crippen molar-refractivity contribution in [1.29, 1.82) is 0 Å². The second kappa shape index (κ2) is 13.2. The first kappa shape index (κ1) is 29.4. The average Bonchev–Trinajstić information content (AvgIpc) is 2.99. The highest BCUT2D eigenvalue weighted by atomic mass is 32.2. The maximum Gasteiger partial charge on any atom is 0.264 e. The molecule has 4 rings (SSSR count). The van der Waals surface area contributed by atoms with Crippen molar-refractivity contribution in [2.24, 2.45) is 0 Å². The number of carbonyl (C=O) groups is 1. The Kier molecular flexibility index (Phi) is 9.67. The van der Waals surface area contributed by atoms with E-state index >= 15 is 0 Å². The first-order chi connectivity index (χ1) is 19.2. The van der Waals surface area contributed by atoms with Gasteiger partial charge in [0.2, 0.25) is 15.9 Å². The molecule has 0 bridgehead atoms. The summed E-state index contributed by atoms with van der Waals surface area (Å²) in [5, 5.41) is 2.68. The van der Waals surface area contributed by atoms with E-state index in [1.165, 1.54) is 35.7 Å². The van der Waals surface area contributed by atoms with Crippen LogP contribution in [-0.4, -0.2) is 66.9 Å². The topological polar surface area (TPSA) is 122 Å². The number of nitrogens with zero attached hydrogens (tertiary/aromatic N) is 2. The van der Waals surface area contributed by atoms with Crippen molar-refractivity contribution in [3.05, 3.63) is 78.9 Å². The smallest absolute Gasteiger partial charge is 0.264 e. The fourth-order valence-electron chi connectivity index (χ4n) is 4.29. The quantitative estimate of drug-likeness (QED) is 0.323. The molecule has 3 aromatic rings. The van der Waals surface area contributed by atoms with Crippen LogP contribution in [0.5, 0.6) is 11.5 Å². The van der Waals surface area contributed by atoms with Gasteiger partial charge in [0.1, 0.15) is 24.7 Å². The van der Waals surface area contributed by atoms with Crippen LogP contribution in [0.25, 0.3) is 0 Å². The van der Waals surface area contributed by atoms with Gasteiger partial charge in [-0.15, -0.1) is 0 Å². The molecule has 0 aliphatic carbocycles. The van der Waals surface area contributed by atoms with Gasteiger partial charge in [-0.2, -0.15) is 4.31 Å². The molecular weight excluding hydrogens is 554 g/mol. The average molecular weight is 588 g/mol. The van der Waals surface area contributed by atoms with Crippen LogP contribution in [0.3, 0.4) is 0 Å². The summed E-state index contributed by atoms with van der Waals surface area (Å²) in [4.78, 5) is 13.0. The summed E-state index contributed by atoms with van der Waals surface area (Å²) in [5.74, 6) is 0.466. The fraction of sp³-hybridized carbons (Fsp3) is 0.321. The molecule has 1 fully saturated rings. The van der Waals surface area contributed by atoms with E-state index in [-0.39, 0.29) is 22.9 Å². The van der Waals surface area contributed by atoms with Gasteiger partial charge in [0.15, 0.2) is 0 Å². The number of rotatable bonds is 12. The number of piperidine rings is 1. The largest absolute Gasteiger partial charge is 0.497 e. The van der Waals surface area contributed by atoms with Crippen LogP contribution >= 0.6 is 0 Å². The van der Waals surface area contributed by atoms with Crippen LogP contribution in [0.1, 0.15) is 19.3 Å². The van der Waals surface area contributed by atoms with Crippen molar-refractivity contribution >= 4 is 31.6 Å². The van der Waals surface area contributed by atoms with Crippen molar-refractivity contribution in [2.75, 3.05) is 44.2 Å². The summed E-state index contributed by atoms with van der Waals surface area (Å²) in [7, 11) is -6.07. The Balaban J connectivity index is 1.33. The number of methoxy groups -OCH3 is 1. The minimum atomic E-state index is -4.04. The second-order valence-corrected chi connectivity index (χ2v) is 13.0. The molecule has 1 heterocycles.